The number of amides is 3. The van der Waals surface area contributed by atoms with Crippen molar-refractivity contribution in [2.24, 2.45) is 11.8 Å². The van der Waals surface area contributed by atoms with Gasteiger partial charge in [-0.25, -0.2) is 0 Å². The van der Waals surface area contributed by atoms with Gasteiger partial charge in [0.2, 0.25) is 17.7 Å². The van der Waals surface area contributed by atoms with Crippen LogP contribution in [0.2, 0.25) is 0 Å². The molecule has 4 aliphatic rings. The van der Waals surface area contributed by atoms with Gasteiger partial charge in [0, 0.05) is 18.3 Å². The van der Waals surface area contributed by atoms with Crippen molar-refractivity contribution in [3.63, 3.8) is 0 Å². The smallest absolute Gasteiger partial charge is 0.246 e. The normalized spacial score (nSPS) is 29.4. The molecule has 2 bridgehead atoms. The zero-order chi connectivity index (χ0) is 27.0. The molecule has 1 spiro atoms. The molecule has 39 heavy (non-hydrogen) atoms. The van der Waals surface area contributed by atoms with Gasteiger partial charge in [0.15, 0.2) is 0 Å². The molecule has 8 nitrogen and oxygen atoms in total. The second-order valence-electron chi connectivity index (χ2n) is 11.0. The van der Waals surface area contributed by atoms with Gasteiger partial charge >= 0.3 is 0 Å². The Morgan fingerprint density at radius 3 is 2.44 bits per heavy atom. The van der Waals surface area contributed by atoms with Crippen LogP contribution in [-0.2, 0) is 19.1 Å². The van der Waals surface area contributed by atoms with Gasteiger partial charge in [-0.05, 0) is 55.7 Å². The number of ether oxygens (including phenoxy) is 2. The van der Waals surface area contributed by atoms with Gasteiger partial charge in [-0.1, -0.05) is 56.5 Å². The van der Waals surface area contributed by atoms with Gasteiger partial charge in [-0.2, -0.15) is 0 Å². The van der Waals surface area contributed by atoms with Crippen molar-refractivity contribution in [1.82, 2.24) is 10.2 Å². The highest BCUT2D eigenvalue weighted by Gasteiger charge is 2.72. The van der Waals surface area contributed by atoms with Gasteiger partial charge in [0.05, 0.1) is 17.9 Å². The van der Waals surface area contributed by atoms with E-state index in [4.69, 9.17) is 9.47 Å². The molecule has 2 N–H and O–H groups in total. The minimum absolute atomic E-state index is 0.121. The Hall–Kier alpha value is -3.65. The number of anilines is 1. The molecule has 0 unspecified atom stereocenters. The van der Waals surface area contributed by atoms with E-state index >= 15 is 0 Å². The Bertz CT molecular complexity index is 1260. The highest BCUT2D eigenvalue weighted by Crippen LogP contribution is 2.55. The van der Waals surface area contributed by atoms with Crippen LogP contribution in [0.3, 0.4) is 0 Å². The molecule has 2 aromatic carbocycles. The first-order valence-corrected chi connectivity index (χ1v) is 14.1. The number of carbonyl (C=O) groups is 3. The highest BCUT2D eigenvalue weighted by molar-refractivity contribution is 6.02. The monoisotopic (exact) mass is 529 g/mol. The zero-order valence-corrected chi connectivity index (χ0v) is 22.2. The lowest BCUT2D eigenvalue weighted by Crippen LogP contribution is -2.56. The number of para-hydroxylation sites is 1. The summed E-state index contributed by atoms with van der Waals surface area (Å²) in [5.74, 6) is -0.713. The summed E-state index contributed by atoms with van der Waals surface area (Å²) in [6.07, 6.45) is 9.17. The van der Waals surface area contributed by atoms with Crippen molar-refractivity contribution in [2.75, 3.05) is 11.9 Å². The minimum atomic E-state index is -1.12. The number of rotatable bonds is 8. The zero-order valence-electron chi connectivity index (χ0n) is 22.2. The minimum Gasteiger partial charge on any atom is -0.457 e. The average molecular weight is 530 g/mol. The van der Waals surface area contributed by atoms with Gasteiger partial charge in [-0.3, -0.25) is 14.4 Å². The van der Waals surface area contributed by atoms with E-state index in [0.29, 0.717) is 24.4 Å². The van der Waals surface area contributed by atoms with E-state index in [2.05, 4.69) is 10.6 Å². The fourth-order valence-corrected chi connectivity index (χ4v) is 6.73. The summed E-state index contributed by atoms with van der Waals surface area (Å²) in [6, 6.07) is 15.9. The third kappa shape index (κ3) is 4.61. The van der Waals surface area contributed by atoms with Crippen molar-refractivity contribution in [3.05, 3.63) is 66.7 Å². The second-order valence-corrected chi connectivity index (χ2v) is 11.0. The van der Waals surface area contributed by atoms with Crippen LogP contribution in [0.15, 0.2) is 66.7 Å². The van der Waals surface area contributed by atoms with Gasteiger partial charge in [0.25, 0.3) is 0 Å². The Morgan fingerprint density at radius 2 is 1.72 bits per heavy atom. The maximum atomic E-state index is 13.8. The second kappa shape index (κ2) is 10.5. The van der Waals surface area contributed by atoms with Crippen LogP contribution < -0.4 is 15.4 Å². The summed E-state index contributed by atoms with van der Waals surface area (Å²) >= 11 is 0. The lowest BCUT2D eigenvalue weighted by molar-refractivity contribution is -0.141. The topological polar surface area (TPSA) is 97.0 Å². The molecule has 3 aliphatic heterocycles. The van der Waals surface area contributed by atoms with E-state index in [1.54, 1.807) is 29.2 Å². The number of nitrogens with one attached hydrogen (secondary N) is 2. The number of carbonyl (C=O) groups excluding carboxylic acids is 3. The van der Waals surface area contributed by atoms with Crippen molar-refractivity contribution < 1.29 is 23.9 Å². The van der Waals surface area contributed by atoms with Crippen LogP contribution in [0.5, 0.6) is 11.5 Å². The average Bonchev–Trinajstić information content (AvgIpc) is 3.59. The third-order valence-corrected chi connectivity index (χ3v) is 8.44. The molecule has 1 saturated carbocycles. The molecule has 3 amide bonds. The highest BCUT2D eigenvalue weighted by atomic mass is 16.5. The largest absolute Gasteiger partial charge is 0.457 e. The number of hydrogen-bond donors (Lipinski definition) is 2. The Kier molecular flexibility index (Phi) is 6.89. The molecule has 0 radical (unpaired) electrons. The number of fused-ring (bicyclic) bond motifs is 1. The van der Waals surface area contributed by atoms with Gasteiger partial charge in [0.1, 0.15) is 23.1 Å². The first kappa shape index (κ1) is 25.6. The summed E-state index contributed by atoms with van der Waals surface area (Å²) in [5, 5.41) is 6.17. The van der Waals surface area contributed by atoms with Crippen LogP contribution >= 0.6 is 0 Å². The van der Waals surface area contributed by atoms with Crippen LogP contribution in [0, 0.1) is 11.8 Å². The van der Waals surface area contributed by atoms with Gasteiger partial charge < -0.3 is 25.0 Å². The van der Waals surface area contributed by atoms with E-state index in [1.165, 1.54) is 6.42 Å². The van der Waals surface area contributed by atoms with Crippen molar-refractivity contribution in [2.45, 2.75) is 69.2 Å². The number of nitrogens with zero attached hydrogens (tertiary/aromatic N) is 1. The molecule has 0 aromatic heterocycles. The molecular formula is C31H35N3O5. The first-order valence-electron chi connectivity index (χ1n) is 14.1. The molecular weight excluding hydrogens is 494 g/mol. The van der Waals surface area contributed by atoms with E-state index in [-0.39, 0.29) is 23.8 Å². The van der Waals surface area contributed by atoms with E-state index in [1.807, 2.05) is 49.4 Å². The lowest BCUT2D eigenvalue weighted by Gasteiger charge is -2.34. The molecule has 5 atom stereocenters. The molecule has 2 aromatic rings. The summed E-state index contributed by atoms with van der Waals surface area (Å²) in [4.78, 5) is 42.7. The van der Waals surface area contributed by atoms with E-state index in [0.717, 1.165) is 31.4 Å². The fourth-order valence-electron chi connectivity index (χ4n) is 6.73. The Balaban J connectivity index is 1.19. The molecule has 204 valence electrons. The SMILES string of the molecule is CCCN1C(=O)[C@H]2[C@H](C(=O)Nc3ccc(Oc4ccccc4)cc3)[C@H]3C=C[C@@]2(O3)[C@H]1C(=O)NC1CCCCC1. The summed E-state index contributed by atoms with van der Waals surface area (Å²) < 4.78 is 12.2. The van der Waals surface area contributed by atoms with Crippen molar-refractivity contribution >= 4 is 23.4 Å². The Morgan fingerprint density at radius 1 is 1.00 bits per heavy atom. The quantitative estimate of drug-likeness (QED) is 0.494. The maximum absolute atomic E-state index is 13.8. The lowest BCUT2D eigenvalue weighted by atomic mass is 9.74. The van der Waals surface area contributed by atoms with Crippen LogP contribution in [0.4, 0.5) is 5.69 Å². The standard InChI is InChI=1S/C31H35N3O5/c1-2-19-34-27(29(36)33-20-9-5-3-6-10-20)31-18-17-24(39-31)25(26(31)30(34)37)28(35)32-21-13-15-23(16-14-21)38-22-11-7-4-8-12-22/h4,7-8,11-18,20,24-27H,2-3,5-6,9-10,19H2,1H3,(H,32,35)(H,33,36)/t24-,25-,26-,27-,31+/m1/s1. The predicted molar refractivity (Wildman–Crippen MR) is 146 cm³/mol. The molecule has 6 rings (SSSR count). The maximum Gasteiger partial charge on any atom is 0.246 e. The molecule has 8 heteroatoms. The van der Waals surface area contributed by atoms with Crippen LogP contribution in [0.1, 0.15) is 45.4 Å². The predicted octanol–water partition coefficient (Wildman–Crippen LogP) is 4.43. The summed E-state index contributed by atoms with van der Waals surface area (Å²) in [6.45, 7) is 2.43. The fraction of sp³-hybridized carbons (Fsp3) is 0.452. The molecule has 3 fully saturated rings. The first-order chi connectivity index (χ1) is 19.0. The number of benzene rings is 2. The van der Waals surface area contributed by atoms with Gasteiger partial charge in [-0.15, -0.1) is 0 Å². The number of likely N-dealkylation sites (tertiary alicyclic amines) is 1. The third-order valence-electron chi connectivity index (χ3n) is 8.44. The number of hydrogen-bond acceptors (Lipinski definition) is 5. The summed E-state index contributed by atoms with van der Waals surface area (Å²) in [5.41, 5.74) is -0.519. The summed E-state index contributed by atoms with van der Waals surface area (Å²) in [7, 11) is 0. The molecule has 3 heterocycles. The van der Waals surface area contributed by atoms with Crippen LogP contribution in [-0.4, -0.2) is 53.0 Å². The molecule has 2 saturated heterocycles. The molecule has 1 aliphatic carbocycles. The van der Waals surface area contributed by atoms with Crippen molar-refractivity contribution in [3.8, 4) is 11.5 Å². The van der Waals surface area contributed by atoms with E-state index in [9.17, 15) is 14.4 Å². The Labute approximate surface area is 228 Å². The van der Waals surface area contributed by atoms with Crippen LogP contribution in [0.25, 0.3) is 0 Å². The van der Waals surface area contributed by atoms with Crippen molar-refractivity contribution in [1.29, 1.82) is 0 Å². The van der Waals surface area contributed by atoms with E-state index < -0.39 is 29.6 Å².